The number of para-hydroxylation sites is 2. The van der Waals surface area contributed by atoms with Gasteiger partial charge < -0.3 is 14.8 Å². The zero-order valence-electron chi connectivity index (χ0n) is 14.2. The molecule has 8 nitrogen and oxygen atoms in total. The summed E-state index contributed by atoms with van der Waals surface area (Å²) in [7, 11) is 2.75. The molecule has 0 aliphatic rings. The van der Waals surface area contributed by atoms with Gasteiger partial charge in [0.15, 0.2) is 0 Å². The van der Waals surface area contributed by atoms with Gasteiger partial charge in [0.25, 0.3) is 0 Å². The van der Waals surface area contributed by atoms with Crippen LogP contribution in [0.2, 0.25) is 0 Å². The topological polar surface area (TPSA) is 106 Å². The number of nitrogens with zero attached hydrogens (tertiary/aromatic N) is 1. The van der Waals surface area contributed by atoms with Crippen molar-refractivity contribution in [1.82, 2.24) is 5.43 Å². The maximum atomic E-state index is 11.9. The molecule has 2 aromatic rings. The van der Waals surface area contributed by atoms with E-state index >= 15 is 0 Å². The normalized spacial score (nSPS) is 10.2. The first kappa shape index (κ1) is 18.7. The van der Waals surface area contributed by atoms with Gasteiger partial charge in [0.05, 0.1) is 31.7 Å². The Labute approximate surface area is 149 Å². The van der Waals surface area contributed by atoms with Gasteiger partial charge in [-0.05, 0) is 29.8 Å². The number of anilines is 1. The maximum absolute atomic E-state index is 11.9. The molecule has 0 radical (unpaired) electrons. The van der Waals surface area contributed by atoms with Crippen LogP contribution in [-0.2, 0) is 14.3 Å². The molecule has 2 N–H and O–H groups in total. The number of methoxy groups -OCH3 is 2. The summed E-state index contributed by atoms with van der Waals surface area (Å²) < 4.78 is 9.69. The fourth-order valence-electron chi connectivity index (χ4n) is 1.97. The van der Waals surface area contributed by atoms with Crippen LogP contribution in [-0.4, -0.2) is 38.2 Å². The van der Waals surface area contributed by atoms with Gasteiger partial charge in [-0.3, -0.25) is 9.59 Å². The van der Waals surface area contributed by atoms with Crippen LogP contribution in [0.5, 0.6) is 5.75 Å². The molecule has 0 heterocycles. The van der Waals surface area contributed by atoms with Crippen molar-refractivity contribution in [3.63, 3.8) is 0 Å². The molecular formula is C18H17N3O5. The van der Waals surface area contributed by atoms with E-state index in [9.17, 15) is 14.4 Å². The largest absolute Gasteiger partial charge is 0.495 e. The van der Waals surface area contributed by atoms with E-state index in [0.717, 1.165) is 0 Å². The van der Waals surface area contributed by atoms with E-state index in [-0.39, 0.29) is 0 Å². The lowest BCUT2D eigenvalue weighted by molar-refractivity contribution is -0.136. The molecule has 0 saturated heterocycles. The van der Waals surface area contributed by atoms with E-state index in [4.69, 9.17) is 4.74 Å². The molecule has 8 heteroatoms. The second-order valence-corrected chi connectivity index (χ2v) is 4.97. The van der Waals surface area contributed by atoms with Crippen molar-refractivity contribution in [3.8, 4) is 5.75 Å². The van der Waals surface area contributed by atoms with Crippen molar-refractivity contribution in [1.29, 1.82) is 0 Å². The number of hydrogen-bond donors (Lipinski definition) is 2. The van der Waals surface area contributed by atoms with Crippen molar-refractivity contribution >= 4 is 29.7 Å². The minimum absolute atomic E-state index is 0.373. The van der Waals surface area contributed by atoms with E-state index < -0.39 is 17.8 Å². The predicted molar refractivity (Wildman–Crippen MR) is 95.1 cm³/mol. The quantitative estimate of drug-likeness (QED) is 0.366. The van der Waals surface area contributed by atoms with E-state index in [2.05, 4.69) is 20.6 Å². The molecule has 0 aliphatic carbocycles. The first-order valence-corrected chi connectivity index (χ1v) is 7.51. The number of hydrogen-bond acceptors (Lipinski definition) is 6. The fourth-order valence-corrected chi connectivity index (χ4v) is 1.97. The van der Waals surface area contributed by atoms with E-state index in [1.54, 1.807) is 48.5 Å². The lowest BCUT2D eigenvalue weighted by Crippen LogP contribution is -2.32. The number of rotatable bonds is 5. The molecule has 2 aromatic carbocycles. The predicted octanol–water partition coefficient (Wildman–Crippen LogP) is 1.57. The van der Waals surface area contributed by atoms with Crippen LogP contribution in [0.3, 0.4) is 0 Å². The molecule has 2 amide bonds. The highest BCUT2D eigenvalue weighted by Gasteiger charge is 2.14. The van der Waals surface area contributed by atoms with Crippen LogP contribution >= 0.6 is 0 Å². The monoisotopic (exact) mass is 355 g/mol. The zero-order valence-corrected chi connectivity index (χ0v) is 14.2. The van der Waals surface area contributed by atoms with Gasteiger partial charge in [-0.2, -0.15) is 5.10 Å². The molecule has 0 aromatic heterocycles. The number of ether oxygens (including phenoxy) is 2. The van der Waals surface area contributed by atoms with E-state index in [1.165, 1.54) is 20.4 Å². The Morgan fingerprint density at radius 3 is 2.31 bits per heavy atom. The van der Waals surface area contributed by atoms with Crippen molar-refractivity contribution < 1.29 is 23.9 Å². The summed E-state index contributed by atoms with van der Waals surface area (Å²) in [6.07, 6.45) is 1.34. The van der Waals surface area contributed by atoms with Crippen molar-refractivity contribution in [3.05, 3.63) is 59.7 Å². The molecule has 0 aliphatic heterocycles. The molecule has 0 bridgehead atoms. The third-order valence-corrected chi connectivity index (χ3v) is 3.27. The van der Waals surface area contributed by atoms with Gasteiger partial charge in [0, 0.05) is 0 Å². The van der Waals surface area contributed by atoms with Crippen LogP contribution in [0.25, 0.3) is 0 Å². The van der Waals surface area contributed by atoms with Gasteiger partial charge in [-0.15, -0.1) is 0 Å². The average molecular weight is 355 g/mol. The Morgan fingerprint density at radius 2 is 1.65 bits per heavy atom. The second-order valence-electron chi connectivity index (χ2n) is 4.97. The van der Waals surface area contributed by atoms with Crippen molar-refractivity contribution in [2.75, 3.05) is 19.5 Å². The van der Waals surface area contributed by atoms with Gasteiger partial charge in [-0.25, -0.2) is 10.2 Å². The summed E-state index contributed by atoms with van der Waals surface area (Å²) in [6.45, 7) is 0. The summed E-state index contributed by atoms with van der Waals surface area (Å²) in [6, 6.07) is 13.1. The average Bonchev–Trinajstić information content (AvgIpc) is 2.68. The van der Waals surface area contributed by atoms with Gasteiger partial charge in [-0.1, -0.05) is 24.3 Å². The number of benzene rings is 2. The number of carbonyl (C=O) groups is 3. The standard InChI is InChI=1S/C18H17N3O5/c1-25-15-6-4-3-5-14(15)20-16(22)17(23)21-19-11-12-7-9-13(10-8-12)18(24)26-2/h3-11H,1-2H3,(H,20,22)(H,21,23). The molecular weight excluding hydrogens is 338 g/mol. The van der Waals surface area contributed by atoms with Gasteiger partial charge in [0.1, 0.15) is 5.75 Å². The Bertz CT molecular complexity index is 831. The molecule has 0 atom stereocenters. The fraction of sp³-hybridized carbons (Fsp3) is 0.111. The SMILES string of the molecule is COC(=O)c1ccc(C=NNC(=O)C(=O)Nc2ccccc2OC)cc1. The molecule has 2 rings (SSSR count). The van der Waals surface area contributed by atoms with Crippen LogP contribution in [0.1, 0.15) is 15.9 Å². The third kappa shape index (κ3) is 4.91. The zero-order chi connectivity index (χ0) is 18.9. The van der Waals surface area contributed by atoms with Crippen LogP contribution in [0.15, 0.2) is 53.6 Å². The number of nitrogens with one attached hydrogen (secondary N) is 2. The van der Waals surface area contributed by atoms with Crippen molar-refractivity contribution in [2.24, 2.45) is 5.10 Å². The summed E-state index contributed by atoms with van der Waals surface area (Å²) >= 11 is 0. The molecule has 134 valence electrons. The number of esters is 1. The highest BCUT2D eigenvalue weighted by molar-refractivity contribution is 6.39. The number of carbonyl (C=O) groups excluding carboxylic acids is 3. The molecule has 0 unspecified atom stereocenters. The molecule has 0 spiro atoms. The maximum Gasteiger partial charge on any atom is 0.337 e. The third-order valence-electron chi connectivity index (χ3n) is 3.27. The van der Waals surface area contributed by atoms with Gasteiger partial charge in [0.2, 0.25) is 0 Å². The van der Waals surface area contributed by atoms with Crippen LogP contribution in [0, 0.1) is 0 Å². The Hall–Kier alpha value is -3.68. The molecule has 0 fully saturated rings. The highest BCUT2D eigenvalue weighted by atomic mass is 16.5. The minimum Gasteiger partial charge on any atom is -0.495 e. The highest BCUT2D eigenvalue weighted by Crippen LogP contribution is 2.22. The van der Waals surface area contributed by atoms with Crippen molar-refractivity contribution in [2.45, 2.75) is 0 Å². The Kier molecular flexibility index (Phi) is 6.44. The molecule has 0 saturated carbocycles. The molecule has 26 heavy (non-hydrogen) atoms. The number of hydrazone groups is 1. The minimum atomic E-state index is -0.932. The summed E-state index contributed by atoms with van der Waals surface area (Å²) in [5.41, 5.74) is 3.52. The second kappa shape index (κ2) is 8.97. The first-order chi connectivity index (χ1) is 12.5. The summed E-state index contributed by atoms with van der Waals surface area (Å²) in [5.74, 6) is -1.83. The summed E-state index contributed by atoms with van der Waals surface area (Å²) in [4.78, 5) is 35.0. The lowest BCUT2D eigenvalue weighted by Gasteiger charge is -2.08. The van der Waals surface area contributed by atoms with Gasteiger partial charge >= 0.3 is 17.8 Å². The lowest BCUT2D eigenvalue weighted by atomic mass is 10.1. The van der Waals surface area contributed by atoms with Crippen LogP contribution in [0.4, 0.5) is 5.69 Å². The Balaban J connectivity index is 1.92. The van der Waals surface area contributed by atoms with E-state index in [0.29, 0.717) is 22.6 Å². The number of amides is 2. The first-order valence-electron chi connectivity index (χ1n) is 7.51. The van der Waals surface area contributed by atoms with E-state index in [1.807, 2.05) is 0 Å². The summed E-state index contributed by atoms with van der Waals surface area (Å²) in [5, 5.41) is 6.14. The smallest absolute Gasteiger partial charge is 0.337 e. The van der Waals surface area contributed by atoms with Crippen LogP contribution < -0.4 is 15.5 Å². The Morgan fingerprint density at radius 1 is 0.962 bits per heavy atom.